The fourth-order valence-electron chi connectivity index (χ4n) is 3.16. The molecule has 2 aromatic heterocycles. The van der Waals surface area contributed by atoms with Gasteiger partial charge in [-0.15, -0.1) is 11.3 Å². The van der Waals surface area contributed by atoms with E-state index < -0.39 is 0 Å². The zero-order valence-electron chi connectivity index (χ0n) is 14.1. The van der Waals surface area contributed by atoms with Gasteiger partial charge in [-0.1, -0.05) is 13.8 Å². The Kier molecular flexibility index (Phi) is 4.80. The van der Waals surface area contributed by atoms with E-state index in [4.69, 9.17) is 0 Å². The molecule has 2 heterocycles. The number of likely N-dealkylation sites (N-methyl/N-ethyl adjacent to an activating group) is 1. The molecule has 0 saturated heterocycles. The number of amides is 1. The number of hydrogen-bond donors (Lipinski definition) is 1. The summed E-state index contributed by atoms with van der Waals surface area (Å²) in [5.41, 5.74) is 1.40. The summed E-state index contributed by atoms with van der Waals surface area (Å²) in [4.78, 5) is 25.4. The average Bonchev–Trinajstić information content (AvgIpc) is 2.89. The van der Waals surface area contributed by atoms with Gasteiger partial charge >= 0.3 is 0 Å². The Balaban J connectivity index is 1.90. The highest BCUT2D eigenvalue weighted by Crippen LogP contribution is 2.40. The van der Waals surface area contributed by atoms with Crippen molar-refractivity contribution in [1.82, 2.24) is 15.3 Å². The van der Waals surface area contributed by atoms with Crippen molar-refractivity contribution in [3.8, 4) is 0 Å². The number of fused-ring (bicyclic) bond motifs is 3. The lowest BCUT2D eigenvalue weighted by molar-refractivity contribution is -0.119. The van der Waals surface area contributed by atoms with E-state index in [2.05, 4.69) is 29.1 Å². The second-order valence-electron chi connectivity index (χ2n) is 6.44. The van der Waals surface area contributed by atoms with Gasteiger partial charge in [0.15, 0.2) is 0 Å². The van der Waals surface area contributed by atoms with Crippen LogP contribution in [-0.2, 0) is 17.6 Å². The Labute approximate surface area is 141 Å². The highest BCUT2D eigenvalue weighted by Gasteiger charge is 2.24. The standard InChI is InChI=1S/C17H24N4OS/c1-4-7-18-14(22)9-21(3)16-15-12-6-5-11(2)8-13(12)23-17(15)20-10-19-16/h10-11H,4-9H2,1-3H3,(H,18,22)/t11-/m0/s1. The van der Waals surface area contributed by atoms with Crippen molar-refractivity contribution < 1.29 is 4.79 Å². The van der Waals surface area contributed by atoms with E-state index >= 15 is 0 Å². The molecule has 3 rings (SSSR count). The number of carbonyl (C=O) groups excluding carboxylic acids is 1. The predicted molar refractivity (Wildman–Crippen MR) is 95.2 cm³/mol. The molecular formula is C17H24N4OS. The van der Waals surface area contributed by atoms with Gasteiger partial charge in [-0.05, 0) is 37.2 Å². The van der Waals surface area contributed by atoms with Gasteiger partial charge in [0.2, 0.25) is 5.91 Å². The second kappa shape index (κ2) is 6.83. The number of aromatic nitrogens is 2. The number of thiophene rings is 1. The Morgan fingerprint density at radius 2 is 2.30 bits per heavy atom. The van der Waals surface area contributed by atoms with Gasteiger partial charge in [-0.2, -0.15) is 0 Å². The molecule has 1 N–H and O–H groups in total. The van der Waals surface area contributed by atoms with Gasteiger partial charge in [0.25, 0.3) is 0 Å². The molecular weight excluding hydrogens is 308 g/mol. The van der Waals surface area contributed by atoms with Crippen molar-refractivity contribution in [2.45, 2.75) is 39.5 Å². The number of nitrogens with one attached hydrogen (secondary N) is 1. The number of anilines is 1. The molecule has 2 aromatic rings. The maximum atomic E-state index is 12.0. The molecule has 0 unspecified atom stereocenters. The normalized spacial score (nSPS) is 17.1. The first-order valence-corrected chi connectivity index (χ1v) is 9.14. The summed E-state index contributed by atoms with van der Waals surface area (Å²) in [6.45, 7) is 5.41. The van der Waals surface area contributed by atoms with Crippen LogP contribution in [0.2, 0.25) is 0 Å². The summed E-state index contributed by atoms with van der Waals surface area (Å²) in [6.07, 6.45) is 6.00. The summed E-state index contributed by atoms with van der Waals surface area (Å²) in [7, 11) is 1.93. The lowest BCUT2D eigenvalue weighted by Gasteiger charge is -2.21. The van der Waals surface area contributed by atoms with Gasteiger partial charge in [-0.3, -0.25) is 4.79 Å². The van der Waals surface area contributed by atoms with Crippen molar-refractivity contribution in [2.75, 3.05) is 25.0 Å². The van der Waals surface area contributed by atoms with Crippen LogP contribution in [0, 0.1) is 5.92 Å². The van der Waals surface area contributed by atoms with E-state index in [-0.39, 0.29) is 5.91 Å². The van der Waals surface area contributed by atoms with Crippen LogP contribution in [0.1, 0.15) is 37.1 Å². The number of carbonyl (C=O) groups is 1. The van der Waals surface area contributed by atoms with Crippen molar-refractivity contribution in [3.05, 3.63) is 16.8 Å². The highest BCUT2D eigenvalue weighted by molar-refractivity contribution is 7.19. The van der Waals surface area contributed by atoms with E-state index in [1.165, 1.54) is 16.9 Å². The number of hydrogen-bond acceptors (Lipinski definition) is 5. The maximum Gasteiger partial charge on any atom is 0.239 e. The summed E-state index contributed by atoms with van der Waals surface area (Å²) in [5, 5.41) is 4.08. The minimum Gasteiger partial charge on any atom is -0.355 e. The fraction of sp³-hybridized carbons (Fsp3) is 0.588. The average molecular weight is 332 g/mol. The predicted octanol–water partition coefficient (Wildman–Crippen LogP) is 2.78. The van der Waals surface area contributed by atoms with Gasteiger partial charge < -0.3 is 10.2 Å². The number of rotatable bonds is 5. The molecule has 0 aliphatic heterocycles. The lowest BCUT2D eigenvalue weighted by atomic mass is 9.89. The van der Waals surface area contributed by atoms with Crippen LogP contribution in [0.3, 0.4) is 0 Å². The number of aryl methyl sites for hydroxylation is 1. The van der Waals surface area contributed by atoms with Gasteiger partial charge in [0.1, 0.15) is 17.0 Å². The molecule has 6 heteroatoms. The molecule has 0 radical (unpaired) electrons. The Bertz CT molecular complexity index is 712. The number of nitrogens with zero attached hydrogens (tertiary/aromatic N) is 3. The molecule has 0 fully saturated rings. The molecule has 5 nitrogen and oxygen atoms in total. The van der Waals surface area contributed by atoms with Gasteiger partial charge in [-0.25, -0.2) is 9.97 Å². The van der Waals surface area contributed by atoms with Crippen LogP contribution in [0.4, 0.5) is 5.82 Å². The SMILES string of the molecule is CCCNC(=O)CN(C)c1ncnc2sc3c(c12)CC[C@H](C)C3. The third-order valence-corrected chi connectivity index (χ3v) is 5.55. The topological polar surface area (TPSA) is 58.1 Å². The highest BCUT2D eigenvalue weighted by atomic mass is 32.1. The van der Waals surface area contributed by atoms with Crippen LogP contribution in [0.5, 0.6) is 0 Å². The van der Waals surface area contributed by atoms with Crippen molar-refractivity contribution >= 4 is 33.3 Å². The maximum absolute atomic E-state index is 12.0. The van der Waals surface area contributed by atoms with Crippen LogP contribution in [0.25, 0.3) is 10.2 Å². The molecule has 1 atom stereocenters. The van der Waals surface area contributed by atoms with E-state index in [0.717, 1.165) is 47.8 Å². The molecule has 0 spiro atoms. The molecule has 1 aliphatic rings. The van der Waals surface area contributed by atoms with E-state index in [9.17, 15) is 4.79 Å². The minimum atomic E-state index is 0.0406. The Morgan fingerprint density at radius 3 is 3.09 bits per heavy atom. The van der Waals surface area contributed by atoms with Crippen molar-refractivity contribution in [2.24, 2.45) is 5.92 Å². The quantitative estimate of drug-likeness (QED) is 0.915. The molecule has 0 saturated carbocycles. The van der Waals surface area contributed by atoms with Crippen LogP contribution in [-0.4, -0.2) is 36.0 Å². The summed E-state index contributed by atoms with van der Waals surface area (Å²) in [6, 6.07) is 0. The van der Waals surface area contributed by atoms with E-state index in [1.807, 2.05) is 11.9 Å². The largest absolute Gasteiger partial charge is 0.355 e. The van der Waals surface area contributed by atoms with Crippen LogP contribution < -0.4 is 10.2 Å². The monoisotopic (exact) mass is 332 g/mol. The molecule has 1 aliphatic carbocycles. The Hall–Kier alpha value is -1.69. The molecule has 124 valence electrons. The summed E-state index contributed by atoms with van der Waals surface area (Å²) in [5.74, 6) is 1.66. The first-order chi connectivity index (χ1) is 11.1. The zero-order valence-corrected chi connectivity index (χ0v) is 14.9. The summed E-state index contributed by atoms with van der Waals surface area (Å²) < 4.78 is 0. The van der Waals surface area contributed by atoms with Crippen molar-refractivity contribution in [1.29, 1.82) is 0 Å². The van der Waals surface area contributed by atoms with Crippen LogP contribution >= 0.6 is 11.3 Å². The first-order valence-electron chi connectivity index (χ1n) is 8.33. The smallest absolute Gasteiger partial charge is 0.239 e. The van der Waals surface area contributed by atoms with Gasteiger partial charge in [0.05, 0.1) is 11.9 Å². The lowest BCUT2D eigenvalue weighted by Crippen LogP contribution is -2.36. The summed E-state index contributed by atoms with van der Waals surface area (Å²) >= 11 is 1.79. The van der Waals surface area contributed by atoms with E-state index in [1.54, 1.807) is 17.7 Å². The zero-order chi connectivity index (χ0) is 16.4. The van der Waals surface area contributed by atoms with Gasteiger partial charge in [0, 0.05) is 18.5 Å². The van der Waals surface area contributed by atoms with Crippen molar-refractivity contribution in [3.63, 3.8) is 0 Å². The van der Waals surface area contributed by atoms with Crippen LogP contribution in [0.15, 0.2) is 6.33 Å². The first kappa shape index (κ1) is 16.2. The second-order valence-corrected chi connectivity index (χ2v) is 7.52. The Morgan fingerprint density at radius 1 is 1.48 bits per heavy atom. The molecule has 1 amide bonds. The third kappa shape index (κ3) is 3.32. The molecule has 0 aromatic carbocycles. The minimum absolute atomic E-state index is 0.0406. The molecule has 23 heavy (non-hydrogen) atoms. The van der Waals surface area contributed by atoms with E-state index in [0.29, 0.717) is 6.54 Å². The third-order valence-electron chi connectivity index (χ3n) is 4.39. The molecule has 0 bridgehead atoms. The fourth-order valence-corrected chi connectivity index (χ4v) is 4.50.